The summed E-state index contributed by atoms with van der Waals surface area (Å²) in [4.78, 5) is 0. The molecule has 28 aromatic carbocycles. The van der Waals surface area contributed by atoms with E-state index >= 15 is 0 Å². The number of thiophene rings is 3. The summed E-state index contributed by atoms with van der Waals surface area (Å²) in [6.07, 6.45) is 0. The van der Waals surface area contributed by atoms with E-state index < -0.39 is 726 Å². The molecule has 0 N–H and O–H groups in total. The average Bonchev–Trinajstić information content (AvgIpc) is 1.57. The third kappa shape index (κ3) is 13.2. The first-order valence-corrected chi connectivity index (χ1v) is 44.9. The van der Waals surface area contributed by atoms with Crippen LogP contribution in [0.25, 0.3) is 300 Å². The zero-order valence-electron chi connectivity index (χ0n) is 155. The van der Waals surface area contributed by atoms with Crippen molar-refractivity contribution in [3.8, 4) is 89.0 Å². The van der Waals surface area contributed by atoms with Gasteiger partial charge >= 0.3 is 0 Å². The molecule has 0 aliphatic rings. The first kappa shape index (κ1) is 34.5. The molecule has 0 saturated heterocycles. The first-order chi connectivity index (χ1) is 106. The standard InChI is InChI=1S/C50H30S.C46H28S.C44H26S/c1-4-16-36-31(12-1)15-11-23-37(36)33-24-26-34(27-25-33)46-40-19-7-9-21-42(40)47(43-22-10-8-20-41(43)46)44-30-35-14-3-6-18-39(35)49-48-38-17-5-2-13-32(38)28-29-45(48)51-50(44)49;1-2-13-31(14-3-1)42-36-18-8-10-20-38(36)43(39-21-11-9-19-37(39)42)32-24-22-30(23-25-32)40-28-33-15-5-7-17-35(33)45-44-34-16-6-4-12-29(34)26-27-41(44)47-46(40)45;1-4-16-30-27(12-1)15-11-23-33(30)40-34-19-7-9-21-36(34)41(37-22-10-8-20-35(37)40)38-26-29-14-3-6-18-32(29)43-42-31-17-5-2-13-28(31)24-25-39(42)45-44(38)43/h1-30H;1-28H;1-26H/i1D,2D,3D,4D,5D,6D,7D,8D,9D,10D,11D,12D,13D,14D,15D,16D,17D,18D,19D,20D,21D,22D,23D,24D,25D,26D,27D,28D,29D,30D;1D,2D,3D,4D,5D,6D,7D,8D,9D,10D,11D,12D,13D,14D,15D,16D,17D,18D,19D,20D,21D,22D,23D,24D,25D,26D,27D,28D;1D,2D,3D,4D,5D,6D,7D,8D,9D,10D,11D,12D,13D,14D,15D,16D,17D,18D,19D,20D,21D,22D,23D,24D,25D,26D. The summed E-state index contributed by atoms with van der Waals surface area (Å²) < 4.78 is 760. The molecule has 31 aromatic rings. The lowest BCUT2D eigenvalue weighted by molar-refractivity contribution is 1.63. The van der Waals surface area contributed by atoms with Crippen LogP contribution >= 0.6 is 34.0 Å². The van der Waals surface area contributed by atoms with Crippen LogP contribution in [0.1, 0.15) is 115 Å². The maximum absolute atomic E-state index is 10.1. The van der Waals surface area contributed by atoms with Gasteiger partial charge in [-0.2, -0.15) is 0 Å². The second kappa shape index (κ2) is 33.6. The topological polar surface area (TPSA) is 0 Å². The highest BCUT2D eigenvalue weighted by molar-refractivity contribution is 7.27. The van der Waals surface area contributed by atoms with Crippen LogP contribution < -0.4 is 0 Å². The fourth-order valence-electron chi connectivity index (χ4n) is 18.4. The summed E-state index contributed by atoms with van der Waals surface area (Å²) in [5.41, 5.74) is -11.1. The minimum atomic E-state index is -1.11. The normalized spacial score (nSPS) is 20.1. The van der Waals surface area contributed by atoms with Gasteiger partial charge in [-0.25, -0.2) is 0 Å². The van der Waals surface area contributed by atoms with E-state index in [4.69, 9.17) is 74.0 Å². The second-order valence-electron chi connectivity index (χ2n) is 31.5. The highest BCUT2D eigenvalue weighted by Crippen LogP contribution is 2.57. The van der Waals surface area contributed by atoms with E-state index in [2.05, 4.69) is 0 Å². The average molecular weight is 1950 g/mol. The highest BCUT2D eigenvalue weighted by atomic mass is 32.1. The van der Waals surface area contributed by atoms with E-state index in [1.165, 1.54) is 0 Å². The SMILES string of the molecule is [2H]c1c([2H])c(-c2c3c([2H])c([2H])c([2H])c([2H])c3c(-c3c([2H])c4c([2H])c([2H])c([2H])c([2H])c4c4c3sc3c([2H])c([2H])c5c([2H])c([2H])c([2H])c([2H])c5c34)c3c([2H])c([2H])c([2H])c([2H])c23)c([2H])c([2H])c1-c1c([2H])c([2H])c([2H])c2c([2H])c([2H])c([2H])c([2H])c12.[2H]c1c([2H])c([2H])c(-c2c3c([2H])c([2H])c([2H])c([2H])c3c(-c3c([2H])c([2H])c(-c4c([2H])c5c([2H])c([2H])c([2H])c([2H])c5c5c4sc4c([2H])c([2H])c6c([2H])c([2H])c([2H])c([2H])c6c45)c([2H])c3[2H])c3c([2H])c([2H])c([2H])c([2H])c23)c([2H])c1[2H].[2H]c1c([2H])c([2H])c2c(-c3c4c([2H])c([2H])c([2H])c([2H])c4c(-c4c([2H])c5c([2H])c([2H])c([2H])c([2H])c5c5c4sc4c([2H])c([2H])c6c([2H])c([2H])c([2H])c([2H])c6c45)c4c([2H])c([2H])c([2H])c([2H])c34)c([2H])c([2H])c([2H])c2c1[2H]. The van der Waals surface area contributed by atoms with Crippen molar-refractivity contribution in [3.05, 3.63) is 508 Å². The van der Waals surface area contributed by atoms with Gasteiger partial charge in [-0.3, -0.25) is 0 Å². The van der Waals surface area contributed by atoms with Crippen molar-refractivity contribution in [2.24, 2.45) is 0 Å². The van der Waals surface area contributed by atoms with Crippen LogP contribution in [0.15, 0.2) is 508 Å². The third-order valence-electron chi connectivity index (χ3n) is 24.2. The zero-order chi connectivity index (χ0) is 167. The number of rotatable bonds is 8. The molecular weight excluding hydrogens is 1780 g/mol. The summed E-state index contributed by atoms with van der Waals surface area (Å²) in [6, 6.07) is -74.0. The molecule has 0 bridgehead atoms. The predicted octanol–water partition coefficient (Wildman–Crippen LogP) is 41.6. The van der Waals surface area contributed by atoms with E-state index in [0.29, 0.717) is 34.0 Å². The molecule has 3 aromatic heterocycles. The molecule has 3 heterocycles. The molecule has 0 spiro atoms. The lowest BCUT2D eigenvalue weighted by atomic mass is 9.84. The second-order valence-corrected chi connectivity index (χ2v) is 34.6. The van der Waals surface area contributed by atoms with E-state index in [0.717, 1.165) is 0 Å². The molecule has 0 radical (unpaired) electrons. The Labute approximate surface area is 955 Å². The minimum Gasteiger partial charge on any atom is -0.134 e. The molecule has 0 fully saturated rings. The molecule has 0 aliphatic carbocycles. The van der Waals surface area contributed by atoms with E-state index in [9.17, 15) is 41.1 Å². The highest BCUT2D eigenvalue weighted by Gasteiger charge is 2.28. The van der Waals surface area contributed by atoms with Gasteiger partial charge in [0.1, 0.15) is 0 Å². The summed E-state index contributed by atoms with van der Waals surface area (Å²) in [5, 5.41) is -17.7. The Kier molecular flexibility index (Phi) is 8.11. The van der Waals surface area contributed by atoms with E-state index in [1.807, 2.05) is 0 Å². The number of fused-ring (bicyclic) bond motifs is 29. The van der Waals surface area contributed by atoms with Crippen molar-refractivity contribution in [1.29, 1.82) is 0 Å². The van der Waals surface area contributed by atoms with Crippen LogP contribution in [-0.4, -0.2) is 0 Å². The Balaban J connectivity index is 0.000000144. The largest absolute Gasteiger partial charge is 0.134 e. The smallest absolute Gasteiger partial charge is 0.0638 e. The van der Waals surface area contributed by atoms with Crippen molar-refractivity contribution in [2.45, 2.75) is 0 Å². The molecule has 3 heteroatoms. The van der Waals surface area contributed by atoms with Gasteiger partial charge in [-0.15, -0.1) is 34.0 Å². The molecule has 0 atom stereocenters. The van der Waals surface area contributed by atoms with Crippen LogP contribution in [0.2, 0.25) is 0 Å². The van der Waals surface area contributed by atoms with E-state index in [-0.39, 0.29) is 82.1 Å². The minimum absolute atomic E-state index is 0.180. The molecule has 0 saturated carbocycles. The molecular formula is C140H84S3. The Bertz CT molecular complexity index is 16000. The Morgan fingerprint density at radius 3 is 0.643 bits per heavy atom. The van der Waals surface area contributed by atoms with Gasteiger partial charge in [-0.05, 0) is 259 Å². The molecule has 0 amide bonds. The first-order valence-electron chi connectivity index (χ1n) is 84.5. The van der Waals surface area contributed by atoms with Gasteiger partial charge in [0, 0.05) is 77.2 Å². The fraction of sp³-hybridized carbons (Fsp3) is 0. The lowest BCUT2D eigenvalue weighted by Gasteiger charge is -2.19. The lowest BCUT2D eigenvalue weighted by Crippen LogP contribution is -1.92. The van der Waals surface area contributed by atoms with Crippen LogP contribution in [0.5, 0.6) is 0 Å². The van der Waals surface area contributed by atoms with Crippen molar-refractivity contribution >= 4 is 245 Å². The predicted molar refractivity (Wildman–Crippen MR) is 627 cm³/mol. The molecule has 0 aliphatic heterocycles. The number of hydrogen-bond acceptors (Lipinski definition) is 3. The van der Waals surface area contributed by atoms with Crippen molar-refractivity contribution < 1.29 is 115 Å². The van der Waals surface area contributed by atoms with Crippen LogP contribution in [0.4, 0.5) is 0 Å². The van der Waals surface area contributed by atoms with Crippen LogP contribution in [-0.2, 0) is 0 Å². The van der Waals surface area contributed by atoms with Crippen LogP contribution in [0.3, 0.4) is 0 Å². The Morgan fingerprint density at radius 1 is 0.119 bits per heavy atom. The monoisotopic (exact) mass is 1950 g/mol. The van der Waals surface area contributed by atoms with Gasteiger partial charge in [0.15, 0.2) is 0 Å². The summed E-state index contributed by atoms with van der Waals surface area (Å²) in [5.74, 6) is 0. The van der Waals surface area contributed by atoms with Gasteiger partial charge < -0.3 is 0 Å². The fourth-order valence-corrected chi connectivity index (χ4v) is 21.9. The summed E-state index contributed by atoms with van der Waals surface area (Å²) in [6.45, 7) is 0. The maximum atomic E-state index is 10.1. The number of hydrogen-bond donors (Lipinski definition) is 0. The molecule has 662 valence electrons. The maximum Gasteiger partial charge on any atom is 0.0638 e. The molecule has 0 nitrogen and oxygen atoms in total. The third-order valence-corrected chi connectivity index (χ3v) is 27.6. The quantitative estimate of drug-likeness (QED) is 0.133. The zero-order valence-corrected chi connectivity index (χ0v) is 73.7. The molecule has 143 heavy (non-hydrogen) atoms. The van der Waals surface area contributed by atoms with Gasteiger partial charge in [0.25, 0.3) is 0 Å². The Morgan fingerprint density at radius 2 is 0.322 bits per heavy atom. The van der Waals surface area contributed by atoms with Gasteiger partial charge in [-0.1, -0.05) is 471 Å². The molecule has 0 unspecified atom stereocenters. The van der Waals surface area contributed by atoms with Crippen LogP contribution in [0, 0.1) is 0 Å². The van der Waals surface area contributed by atoms with E-state index in [1.54, 1.807) is 0 Å². The van der Waals surface area contributed by atoms with Crippen molar-refractivity contribution in [1.82, 2.24) is 0 Å². The molecule has 31 rings (SSSR count). The Hall–Kier alpha value is -17.5. The van der Waals surface area contributed by atoms with Gasteiger partial charge in [0.2, 0.25) is 0 Å². The summed E-state index contributed by atoms with van der Waals surface area (Å²) >= 11 is 1.79. The van der Waals surface area contributed by atoms with Crippen molar-refractivity contribution in [3.63, 3.8) is 0 Å². The summed E-state index contributed by atoms with van der Waals surface area (Å²) in [7, 11) is 0. The van der Waals surface area contributed by atoms with Crippen molar-refractivity contribution in [2.75, 3.05) is 0 Å². The number of benzene rings is 28. The van der Waals surface area contributed by atoms with Gasteiger partial charge in [0.05, 0.1) is 115 Å².